The molecule has 2 N–H and O–H groups in total. The molecule has 0 bridgehead atoms. The van der Waals surface area contributed by atoms with E-state index >= 15 is 0 Å². The number of fused-ring (bicyclic) bond motifs is 1. The first-order chi connectivity index (χ1) is 10.6. The van der Waals surface area contributed by atoms with Crippen molar-refractivity contribution in [2.75, 3.05) is 13.1 Å². The van der Waals surface area contributed by atoms with Gasteiger partial charge in [-0.25, -0.2) is 4.98 Å². The summed E-state index contributed by atoms with van der Waals surface area (Å²) in [6.45, 7) is 4.07. The van der Waals surface area contributed by atoms with Crippen LogP contribution in [0.2, 0.25) is 0 Å². The molecule has 2 aromatic heterocycles. The lowest BCUT2D eigenvalue weighted by atomic mass is 9.97. The van der Waals surface area contributed by atoms with E-state index < -0.39 is 0 Å². The van der Waals surface area contributed by atoms with Crippen molar-refractivity contribution in [1.29, 1.82) is 0 Å². The van der Waals surface area contributed by atoms with E-state index in [1.165, 1.54) is 12.8 Å². The maximum absolute atomic E-state index is 12.5. The Labute approximate surface area is 129 Å². The first kappa shape index (κ1) is 13.9. The molecule has 0 unspecified atom stereocenters. The molecule has 0 spiro atoms. The molecule has 0 radical (unpaired) electrons. The Morgan fingerprint density at radius 2 is 2.00 bits per heavy atom. The first-order valence-electron chi connectivity index (χ1n) is 8.32. The predicted molar refractivity (Wildman–Crippen MR) is 85.1 cm³/mol. The fourth-order valence-electron chi connectivity index (χ4n) is 4.05. The average Bonchev–Trinajstić information content (AvgIpc) is 3.18. The molecule has 1 aliphatic heterocycles. The fourth-order valence-corrected chi connectivity index (χ4v) is 4.05. The number of hydrogen-bond donors (Lipinski definition) is 2. The number of H-pyrrole nitrogens is 1. The van der Waals surface area contributed by atoms with Gasteiger partial charge in [-0.2, -0.15) is 5.10 Å². The number of hydrogen-bond acceptors (Lipinski definition) is 4. The summed E-state index contributed by atoms with van der Waals surface area (Å²) >= 11 is 0. The molecule has 2 atom stereocenters. The smallest absolute Gasteiger partial charge is 0.277 e. The van der Waals surface area contributed by atoms with Crippen LogP contribution >= 0.6 is 0 Å². The Kier molecular flexibility index (Phi) is 3.29. The number of aromatic nitrogens is 4. The van der Waals surface area contributed by atoms with Gasteiger partial charge in [0.15, 0.2) is 5.52 Å². The fraction of sp³-hybridized carbons (Fsp3) is 0.688. The zero-order chi connectivity index (χ0) is 15.3. The number of nitrogens with zero attached hydrogens (tertiary/aromatic N) is 3. The lowest BCUT2D eigenvalue weighted by Crippen LogP contribution is -2.19. The minimum Gasteiger partial charge on any atom is -0.316 e. The van der Waals surface area contributed by atoms with E-state index in [2.05, 4.69) is 22.3 Å². The Morgan fingerprint density at radius 3 is 2.68 bits per heavy atom. The molecule has 0 amide bonds. The van der Waals surface area contributed by atoms with Crippen molar-refractivity contribution in [3.63, 3.8) is 0 Å². The van der Waals surface area contributed by atoms with E-state index in [1.54, 1.807) is 4.68 Å². The van der Waals surface area contributed by atoms with Crippen LogP contribution in [-0.2, 0) is 7.05 Å². The molecule has 3 heterocycles. The van der Waals surface area contributed by atoms with E-state index in [4.69, 9.17) is 4.98 Å². The summed E-state index contributed by atoms with van der Waals surface area (Å²) in [5, 5.41) is 8.02. The van der Waals surface area contributed by atoms with Crippen LogP contribution in [0.1, 0.15) is 56.0 Å². The average molecular weight is 301 g/mol. The van der Waals surface area contributed by atoms with Crippen molar-refractivity contribution >= 4 is 11.0 Å². The molecular formula is C16H23N5O. The highest BCUT2D eigenvalue weighted by Crippen LogP contribution is 2.36. The van der Waals surface area contributed by atoms with Crippen molar-refractivity contribution < 1.29 is 0 Å². The zero-order valence-corrected chi connectivity index (χ0v) is 13.2. The van der Waals surface area contributed by atoms with Crippen molar-refractivity contribution in [2.45, 2.75) is 44.4 Å². The van der Waals surface area contributed by atoms with E-state index in [0.29, 0.717) is 17.4 Å². The van der Waals surface area contributed by atoms with Gasteiger partial charge in [0.1, 0.15) is 11.3 Å². The second-order valence-corrected chi connectivity index (χ2v) is 6.88. The van der Waals surface area contributed by atoms with Gasteiger partial charge in [-0.1, -0.05) is 19.8 Å². The van der Waals surface area contributed by atoms with Gasteiger partial charge in [0, 0.05) is 25.4 Å². The monoisotopic (exact) mass is 301 g/mol. The first-order valence-corrected chi connectivity index (χ1v) is 8.32. The van der Waals surface area contributed by atoms with Crippen molar-refractivity contribution in [3.05, 3.63) is 21.9 Å². The number of rotatable bonds is 2. The molecule has 2 aliphatic rings. The summed E-state index contributed by atoms with van der Waals surface area (Å²) in [6.07, 6.45) is 4.83. The highest BCUT2D eigenvalue weighted by molar-refractivity contribution is 5.77. The van der Waals surface area contributed by atoms with Crippen LogP contribution in [0.25, 0.3) is 11.0 Å². The second-order valence-electron chi connectivity index (χ2n) is 6.88. The third-order valence-corrected chi connectivity index (χ3v) is 5.35. The van der Waals surface area contributed by atoms with Crippen LogP contribution in [0.4, 0.5) is 0 Å². The molecule has 2 aromatic rings. The van der Waals surface area contributed by atoms with Crippen molar-refractivity contribution in [3.8, 4) is 0 Å². The molecule has 118 valence electrons. The molecule has 1 aliphatic carbocycles. The van der Waals surface area contributed by atoms with E-state index in [1.807, 2.05) is 7.05 Å². The summed E-state index contributed by atoms with van der Waals surface area (Å²) in [4.78, 5) is 20.4. The molecule has 4 rings (SSSR count). The van der Waals surface area contributed by atoms with Gasteiger partial charge >= 0.3 is 0 Å². The Balaban J connectivity index is 1.87. The normalized spacial score (nSPS) is 26.3. The van der Waals surface area contributed by atoms with Gasteiger partial charge in [0.05, 0.1) is 5.69 Å². The molecule has 2 fully saturated rings. The predicted octanol–water partition coefficient (Wildman–Crippen LogP) is 1.64. The minimum atomic E-state index is -0.0571. The molecule has 6 heteroatoms. The topological polar surface area (TPSA) is 75.6 Å². The Bertz CT molecular complexity index is 756. The Morgan fingerprint density at radius 1 is 1.23 bits per heavy atom. The van der Waals surface area contributed by atoms with E-state index in [-0.39, 0.29) is 11.5 Å². The lowest BCUT2D eigenvalue weighted by Gasteiger charge is -2.13. The number of aromatic amines is 1. The molecule has 1 saturated carbocycles. The van der Waals surface area contributed by atoms with Crippen LogP contribution in [0.3, 0.4) is 0 Å². The van der Waals surface area contributed by atoms with E-state index in [0.717, 1.165) is 43.0 Å². The SMILES string of the molecule is C[C@H]1CNC[C@@H]1c1nc2c(C3CCCC3)nn(C)c2c(=O)[nH]1. The summed E-state index contributed by atoms with van der Waals surface area (Å²) in [5.74, 6) is 2.06. The maximum Gasteiger partial charge on any atom is 0.277 e. The largest absolute Gasteiger partial charge is 0.316 e. The number of nitrogens with one attached hydrogen (secondary N) is 2. The minimum absolute atomic E-state index is 0.0571. The molecule has 1 saturated heterocycles. The van der Waals surface area contributed by atoms with Gasteiger partial charge < -0.3 is 10.3 Å². The zero-order valence-electron chi connectivity index (χ0n) is 13.2. The molecule has 0 aromatic carbocycles. The number of aryl methyl sites for hydroxylation is 1. The van der Waals surface area contributed by atoms with Gasteiger partial charge in [-0.3, -0.25) is 9.48 Å². The van der Waals surface area contributed by atoms with Crippen LogP contribution in [0.15, 0.2) is 4.79 Å². The highest BCUT2D eigenvalue weighted by Gasteiger charge is 2.30. The summed E-state index contributed by atoms with van der Waals surface area (Å²) in [5.41, 5.74) is 2.41. The van der Waals surface area contributed by atoms with Crippen LogP contribution in [0.5, 0.6) is 0 Å². The molecule has 22 heavy (non-hydrogen) atoms. The summed E-state index contributed by atoms with van der Waals surface area (Å²) in [6, 6.07) is 0. The molecule has 6 nitrogen and oxygen atoms in total. The quantitative estimate of drug-likeness (QED) is 0.884. The standard InChI is InChI=1S/C16H23N5O/c1-9-7-17-8-11(9)15-18-13-12(10-5-3-4-6-10)20-21(2)14(13)16(22)19-15/h9-11,17H,3-8H2,1-2H3,(H,18,19,22)/t9-,11-/m0/s1. The van der Waals surface area contributed by atoms with Crippen molar-refractivity contribution in [2.24, 2.45) is 13.0 Å². The summed E-state index contributed by atoms with van der Waals surface area (Å²) in [7, 11) is 1.84. The van der Waals surface area contributed by atoms with Gasteiger partial charge in [0.2, 0.25) is 0 Å². The Hall–Kier alpha value is -1.69. The second kappa shape index (κ2) is 5.19. The van der Waals surface area contributed by atoms with Gasteiger partial charge in [-0.15, -0.1) is 0 Å². The lowest BCUT2D eigenvalue weighted by molar-refractivity contribution is 0.546. The highest BCUT2D eigenvalue weighted by atomic mass is 16.1. The third kappa shape index (κ3) is 2.08. The van der Waals surface area contributed by atoms with E-state index in [9.17, 15) is 4.79 Å². The van der Waals surface area contributed by atoms with Crippen molar-refractivity contribution in [1.82, 2.24) is 25.1 Å². The van der Waals surface area contributed by atoms with Gasteiger partial charge in [-0.05, 0) is 25.3 Å². The third-order valence-electron chi connectivity index (χ3n) is 5.35. The maximum atomic E-state index is 12.5. The molecular weight excluding hydrogens is 278 g/mol. The van der Waals surface area contributed by atoms with Crippen LogP contribution < -0.4 is 10.9 Å². The van der Waals surface area contributed by atoms with Crippen LogP contribution in [0, 0.1) is 5.92 Å². The van der Waals surface area contributed by atoms with Gasteiger partial charge in [0.25, 0.3) is 5.56 Å². The summed E-state index contributed by atoms with van der Waals surface area (Å²) < 4.78 is 1.70. The van der Waals surface area contributed by atoms with Crippen LogP contribution in [-0.4, -0.2) is 32.8 Å².